The van der Waals surface area contributed by atoms with Crippen molar-refractivity contribution < 1.29 is 35.0 Å². The molecule has 0 bridgehead atoms. The zero-order chi connectivity index (χ0) is 2.00. The summed E-state index contributed by atoms with van der Waals surface area (Å²) in [6, 6.07) is 0. The van der Waals surface area contributed by atoms with Crippen molar-refractivity contribution in [3.63, 3.8) is 0 Å². The molecule has 0 heterocycles. The van der Waals surface area contributed by atoms with Gasteiger partial charge in [0.15, 0.2) is 0 Å². The molecule has 0 aliphatic heterocycles. The molecule has 22 valence electrons. The summed E-state index contributed by atoms with van der Waals surface area (Å²) in [5.74, 6) is 0. The van der Waals surface area contributed by atoms with Crippen LogP contribution in [0.1, 0.15) is 6.92 Å². The molecule has 0 saturated heterocycles. The van der Waals surface area contributed by atoms with Gasteiger partial charge in [0.05, 0.1) is 0 Å². The van der Waals surface area contributed by atoms with Crippen molar-refractivity contribution >= 4 is 0 Å². The first-order valence-corrected chi connectivity index (χ1v) is 0.707. The minimum Gasteiger partial charge on any atom is -0.412 e. The smallest absolute Gasteiger partial charge is 0.412 e. The summed E-state index contributed by atoms with van der Waals surface area (Å²) in [5, 5.41) is 0. The van der Waals surface area contributed by atoms with Crippen molar-refractivity contribution in [1.29, 1.82) is 0 Å². The third-order valence-electron chi connectivity index (χ3n) is 0. The van der Waals surface area contributed by atoms with Gasteiger partial charge < -0.3 is 12.4 Å². The SMILES string of the molecule is O.[CH2-]C.[Na+]. The van der Waals surface area contributed by atoms with Crippen LogP contribution in [-0.4, -0.2) is 5.48 Å². The summed E-state index contributed by atoms with van der Waals surface area (Å²) in [4.78, 5) is 0. The molecular weight excluding hydrogens is 63.0 g/mol. The molecule has 0 rings (SSSR count). The molecule has 0 radical (unpaired) electrons. The molecule has 0 saturated carbocycles. The maximum atomic E-state index is 3.25. The topological polar surface area (TPSA) is 31.5 Å². The van der Waals surface area contributed by atoms with Gasteiger partial charge >= 0.3 is 29.6 Å². The molecule has 2 N–H and O–H groups in total. The summed E-state index contributed by atoms with van der Waals surface area (Å²) >= 11 is 0. The van der Waals surface area contributed by atoms with E-state index in [-0.39, 0.29) is 35.0 Å². The largest absolute Gasteiger partial charge is 1.00 e. The fraction of sp³-hybridized carbons (Fsp3) is 0.500. The van der Waals surface area contributed by atoms with Crippen LogP contribution in [0.3, 0.4) is 0 Å². The minimum absolute atomic E-state index is 0. The van der Waals surface area contributed by atoms with Gasteiger partial charge in [0.2, 0.25) is 0 Å². The number of rotatable bonds is 0. The third-order valence-corrected chi connectivity index (χ3v) is 0. The van der Waals surface area contributed by atoms with Crippen molar-refractivity contribution in [1.82, 2.24) is 0 Å². The zero-order valence-corrected chi connectivity index (χ0v) is 5.21. The van der Waals surface area contributed by atoms with Crippen LogP contribution in [0.5, 0.6) is 0 Å². The van der Waals surface area contributed by atoms with Gasteiger partial charge in [-0.3, -0.25) is 0 Å². The van der Waals surface area contributed by atoms with Crippen molar-refractivity contribution in [3.05, 3.63) is 6.92 Å². The van der Waals surface area contributed by atoms with E-state index in [1.54, 1.807) is 6.92 Å². The van der Waals surface area contributed by atoms with E-state index < -0.39 is 0 Å². The van der Waals surface area contributed by atoms with Crippen molar-refractivity contribution in [2.75, 3.05) is 0 Å². The quantitative estimate of drug-likeness (QED) is 0.215. The van der Waals surface area contributed by atoms with E-state index in [2.05, 4.69) is 6.92 Å². The predicted molar refractivity (Wildman–Crippen MR) is 14.6 cm³/mol. The molecule has 1 nitrogen and oxygen atoms in total. The number of hydrogen-bond acceptors (Lipinski definition) is 0. The van der Waals surface area contributed by atoms with Crippen LogP contribution in [0.15, 0.2) is 0 Å². The maximum Gasteiger partial charge on any atom is 1.00 e. The van der Waals surface area contributed by atoms with Crippen molar-refractivity contribution in [3.8, 4) is 0 Å². The summed E-state index contributed by atoms with van der Waals surface area (Å²) < 4.78 is 0. The van der Waals surface area contributed by atoms with E-state index in [0.29, 0.717) is 0 Å². The Morgan fingerprint density at radius 2 is 1.25 bits per heavy atom. The molecule has 2 heteroatoms. The van der Waals surface area contributed by atoms with Gasteiger partial charge in [0.1, 0.15) is 0 Å². The van der Waals surface area contributed by atoms with E-state index >= 15 is 0 Å². The summed E-state index contributed by atoms with van der Waals surface area (Å²) in [6.45, 7) is 5.00. The van der Waals surface area contributed by atoms with Crippen molar-refractivity contribution in [2.45, 2.75) is 6.92 Å². The van der Waals surface area contributed by atoms with Gasteiger partial charge in [-0.1, -0.05) is 0 Å². The maximum absolute atomic E-state index is 3.25. The van der Waals surface area contributed by atoms with E-state index in [1.807, 2.05) is 0 Å². The molecule has 4 heavy (non-hydrogen) atoms. The average Bonchev–Trinajstić information content (AvgIpc) is 1.00. The van der Waals surface area contributed by atoms with E-state index in [9.17, 15) is 0 Å². The molecule has 0 spiro atoms. The molecule has 0 unspecified atom stereocenters. The van der Waals surface area contributed by atoms with Gasteiger partial charge in [-0.05, 0) is 0 Å². The van der Waals surface area contributed by atoms with E-state index in [1.165, 1.54) is 0 Å². The normalized spacial score (nSPS) is 1.50. The molecular formula is C2H7NaO. The standard InChI is InChI=1S/C2H5.Na.H2O/c1-2;;/h1H2,2H3;;1H2/q-1;+1;. The summed E-state index contributed by atoms with van der Waals surface area (Å²) in [7, 11) is 0. The first kappa shape index (κ1) is 20.2. The zero-order valence-electron chi connectivity index (χ0n) is 3.21. The Kier molecular flexibility index (Phi) is 191. The minimum atomic E-state index is 0. The van der Waals surface area contributed by atoms with Gasteiger partial charge in [0, 0.05) is 0 Å². The van der Waals surface area contributed by atoms with E-state index in [0.717, 1.165) is 0 Å². The second kappa shape index (κ2) is 37.6. The first-order chi connectivity index (χ1) is 1.00. The molecule has 0 aliphatic rings. The van der Waals surface area contributed by atoms with Crippen LogP contribution >= 0.6 is 0 Å². The van der Waals surface area contributed by atoms with Crippen LogP contribution in [0.4, 0.5) is 0 Å². The second-order valence-corrected chi connectivity index (χ2v) is 0. The fourth-order valence-electron chi connectivity index (χ4n) is 0. The fourth-order valence-corrected chi connectivity index (χ4v) is 0. The Hall–Kier alpha value is 0.960. The molecule has 0 aliphatic carbocycles. The van der Waals surface area contributed by atoms with Crippen LogP contribution in [0, 0.1) is 6.92 Å². The monoisotopic (exact) mass is 70.0 g/mol. The molecule has 0 aromatic rings. The van der Waals surface area contributed by atoms with E-state index in [4.69, 9.17) is 0 Å². The van der Waals surface area contributed by atoms with Gasteiger partial charge in [-0.15, -0.1) is 0 Å². The van der Waals surface area contributed by atoms with Crippen molar-refractivity contribution in [2.24, 2.45) is 0 Å². The number of hydrogen-bond donors (Lipinski definition) is 0. The Labute approximate surface area is 49.0 Å². The van der Waals surface area contributed by atoms with Gasteiger partial charge in [-0.25, -0.2) is 0 Å². The van der Waals surface area contributed by atoms with Crippen LogP contribution < -0.4 is 29.6 Å². The Bertz CT molecular complexity index is 6.00. The van der Waals surface area contributed by atoms with Crippen LogP contribution in [0.2, 0.25) is 0 Å². The first-order valence-electron chi connectivity index (χ1n) is 0.707. The van der Waals surface area contributed by atoms with Crippen LogP contribution in [0.25, 0.3) is 0 Å². The predicted octanol–water partition coefficient (Wildman–Crippen LogP) is -2.98. The molecule has 0 amide bonds. The Morgan fingerprint density at radius 3 is 1.25 bits per heavy atom. The third kappa shape index (κ3) is 12.3. The van der Waals surface area contributed by atoms with Gasteiger partial charge in [0.25, 0.3) is 0 Å². The average molecular weight is 70.1 g/mol. The summed E-state index contributed by atoms with van der Waals surface area (Å²) in [5.41, 5.74) is 0. The molecule has 0 fully saturated rings. The second-order valence-electron chi connectivity index (χ2n) is 0. The summed E-state index contributed by atoms with van der Waals surface area (Å²) in [6.07, 6.45) is 0. The Morgan fingerprint density at radius 1 is 1.25 bits per heavy atom. The molecule has 0 aromatic carbocycles. The van der Waals surface area contributed by atoms with Gasteiger partial charge in [-0.2, -0.15) is 6.92 Å². The molecule has 0 aromatic heterocycles. The molecule has 0 atom stereocenters. The Balaban J connectivity index is -0.00000000500. The van der Waals surface area contributed by atoms with Crippen LogP contribution in [-0.2, 0) is 0 Å².